The van der Waals surface area contributed by atoms with Crippen LogP contribution in [0.1, 0.15) is 22.9 Å². The normalized spacial score (nSPS) is 14.7. The molecular formula is C45H29N3O. The van der Waals surface area contributed by atoms with Crippen molar-refractivity contribution in [3.05, 3.63) is 180 Å². The van der Waals surface area contributed by atoms with E-state index in [1.165, 1.54) is 26.9 Å². The van der Waals surface area contributed by atoms with Crippen LogP contribution in [-0.2, 0) is 0 Å². The van der Waals surface area contributed by atoms with Crippen LogP contribution in [-0.4, -0.2) is 11.7 Å². The van der Waals surface area contributed by atoms with Gasteiger partial charge in [0.05, 0.1) is 0 Å². The Morgan fingerprint density at radius 1 is 0.449 bits per heavy atom. The first-order chi connectivity index (χ1) is 24.2. The van der Waals surface area contributed by atoms with E-state index >= 15 is 0 Å². The second kappa shape index (κ2) is 11.0. The predicted molar refractivity (Wildman–Crippen MR) is 204 cm³/mol. The first-order valence-corrected chi connectivity index (χ1v) is 16.6. The fourth-order valence-corrected chi connectivity index (χ4v) is 7.25. The fraction of sp³-hybridized carbons (Fsp3) is 0.0222. The minimum Gasteiger partial charge on any atom is -0.456 e. The lowest BCUT2D eigenvalue weighted by Crippen LogP contribution is -2.33. The molecule has 2 heterocycles. The smallest absolute Gasteiger partial charge is 0.159 e. The number of fused-ring (bicyclic) bond motifs is 6. The van der Waals surface area contributed by atoms with Crippen molar-refractivity contribution in [3.8, 4) is 11.1 Å². The molecule has 0 saturated carbocycles. The van der Waals surface area contributed by atoms with Crippen molar-refractivity contribution < 1.29 is 4.42 Å². The number of hydrogen-bond donors (Lipinski definition) is 1. The summed E-state index contributed by atoms with van der Waals surface area (Å²) in [5.41, 5.74) is 6.97. The molecular weight excluding hydrogens is 599 g/mol. The van der Waals surface area contributed by atoms with Crippen molar-refractivity contribution in [1.82, 2.24) is 5.32 Å². The Morgan fingerprint density at radius 2 is 0.980 bits per heavy atom. The molecule has 4 nitrogen and oxygen atoms in total. The molecule has 0 spiro atoms. The van der Waals surface area contributed by atoms with E-state index in [0.29, 0.717) is 5.84 Å². The van der Waals surface area contributed by atoms with E-state index < -0.39 is 0 Å². The second-order valence-electron chi connectivity index (χ2n) is 12.6. The van der Waals surface area contributed by atoms with Crippen molar-refractivity contribution in [1.29, 1.82) is 0 Å². The van der Waals surface area contributed by atoms with Gasteiger partial charge in [-0.15, -0.1) is 0 Å². The molecule has 1 atom stereocenters. The lowest BCUT2D eigenvalue weighted by molar-refractivity contribution is 0.668. The van der Waals surface area contributed by atoms with Crippen molar-refractivity contribution >= 4 is 65.9 Å². The number of hydrogen-bond acceptors (Lipinski definition) is 4. The molecule has 4 heteroatoms. The Labute approximate surface area is 282 Å². The molecule has 1 aromatic heterocycles. The maximum Gasteiger partial charge on any atom is 0.159 e. The highest BCUT2D eigenvalue weighted by molar-refractivity contribution is 6.24. The summed E-state index contributed by atoms with van der Waals surface area (Å²) in [7, 11) is 0. The maximum absolute atomic E-state index is 6.54. The van der Waals surface area contributed by atoms with Gasteiger partial charge >= 0.3 is 0 Å². The summed E-state index contributed by atoms with van der Waals surface area (Å²) >= 11 is 0. The van der Waals surface area contributed by atoms with Crippen LogP contribution in [0.4, 0.5) is 0 Å². The second-order valence-corrected chi connectivity index (χ2v) is 12.6. The molecule has 1 aliphatic heterocycles. The summed E-state index contributed by atoms with van der Waals surface area (Å²) < 4.78 is 6.54. The molecule has 49 heavy (non-hydrogen) atoms. The number of benzene rings is 8. The van der Waals surface area contributed by atoms with Crippen LogP contribution in [0.2, 0.25) is 0 Å². The minimum atomic E-state index is -0.341. The first kappa shape index (κ1) is 27.6. The molecule has 0 aliphatic carbocycles. The summed E-state index contributed by atoms with van der Waals surface area (Å²) in [6.07, 6.45) is -0.341. The van der Waals surface area contributed by atoms with Crippen LogP contribution in [0.15, 0.2) is 178 Å². The quantitative estimate of drug-likeness (QED) is 0.211. The van der Waals surface area contributed by atoms with Crippen LogP contribution in [0.25, 0.3) is 65.4 Å². The van der Waals surface area contributed by atoms with Gasteiger partial charge < -0.3 is 9.73 Å². The molecule has 0 fully saturated rings. The third kappa shape index (κ3) is 4.68. The lowest BCUT2D eigenvalue weighted by atomic mass is 9.95. The largest absolute Gasteiger partial charge is 0.456 e. The van der Waals surface area contributed by atoms with E-state index in [-0.39, 0.29) is 6.17 Å². The Bertz CT molecular complexity index is 2820. The van der Waals surface area contributed by atoms with Crippen molar-refractivity contribution in [2.24, 2.45) is 9.98 Å². The molecule has 0 radical (unpaired) electrons. The molecule has 1 N–H and O–H groups in total. The Hall–Kier alpha value is -6.52. The highest BCUT2D eigenvalue weighted by atomic mass is 16.3. The van der Waals surface area contributed by atoms with Gasteiger partial charge in [0.25, 0.3) is 0 Å². The Balaban J connectivity index is 1.18. The van der Waals surface area contributed by atoms with Crippen LogP contribution in [0.5, 0.6) is 0 Å². The molecule has 10 rings (SSSR count). The van der Waals surface area contributed by atoms with Crippen LogP contribution in [0.3, 0.4) is 0 Å². The average Bonchev–Trinajstić information content (AvgIpc) is 3.56. The van der Waals surface area contributed by atoms with Gasteiger partial charge in [0.15, 0.2) is 5.84 Å². The maximum atomic E-state index is 6.54. The van der Waals surface area contributed by atoms with Crippen LogP contribution < -0.4 is 5.32 Å². The molecule has 1 aliphatic rings. The summed E-state index contributed by atoms with van der Waals surface area (Å²) in [6.45, 7) is 0. The fourth-order valence-electron chi connectivity index (χ4n) is 7.25. The standard InChI is InChI=1S/C45H29N3O/c1-4-12-31-25-34(22-19-28(31)9-1)37-15-7-17-39-41(37)42-38(16-8-18-40(42)49-39)45-47-43(35-23-20-29-10-2-5-13-32(29)26-35)46-44(48-45)36-24-21-30-11-3-6-14-33(30)27-36/h1-27,43H,(H,46,47,48). The van der Waals surface area contributed by atoms with Crippen LogP contribution in [0, 0.1) is 0 Å². The van der Waals surface area contributed by atoms with Crippen molar-refractivity contribution in [2.45, 2.75) is 6.17 Å². The summed E-state index contributed by atoms with van der Waals surface area (Å²) in [4.78, 5) is 10.5. The number of aliphatic imine (C=N–C) groups is 2. The van der Waals surface area contributed by atoms with E-state index in [0.717, 1.165) is 61.0 Å². The van der Waals surface area contributed by atoms with Crippen molar-refractivity contribution in [2.75, 3.05) is 0 Å². The van der Waals surface area contributed by atoms with E-state index in [2.05, 4.69) is 157 Å². The zero-order valence-corrected chi connectivity index (χ0v) is 26.5. The number of nitrogens with zero attached hydrogens (tertiary/aromatic N) is 2. The summed E-state index contributed by atoms with van der Waals surface area (Å²) in [5.74, 6) is 1.45. The third-order valence-electron chi connectivity index (χ3n) is 9.68. The van der Waals surface area contributed by atoms with Crippen molar-refractivity contribution in [3.63, 3.8) is 0 Å². The first-order valence-electron chi connectivity index (χ1n) is 16.6. The predicted octanol–water partition coefficient (Wildman–Crippen LogP) is 11.2. The Morgan fingerprint density at radius 3 is 1.65 bits per heavy atom. The number of nitrogens with one attached hydrogen (secondary N) is 1. The molecule has 0 amide bonds. The van der Waals surface area contributed by atoms with Gasteiger partial charge in [0.1, 0.15) is 23.2 Å². The van der Waals surface area contributed by atoms with Gasteiger partial charge in [-0.25, -0.2) is 9.98 Å². The number of furan rings is 1. The van der Waals surface area contributed by atoms with Gasteiger partial charge in [0.2, 0.25) is 0 Å². The number of rotatable bonds is 4. The van der Waals surface area contributed by atoms with Gasteiger partial charge in [0, 0.05) is 21.9 Å². The zero-order valence-electron chi connectivity index (χ0n) is 26.5. The highest BCUT2D eigenvalue weighted by Gasteiger charge is 2.25. The van der Waals surface area contributed by atoms with E-state index in [1.807, 2.05) is 12.1 Å². The van der Waals surface area contributed by atoms with E-state index in [1.54, 1.807) is 0 Å². The zero-order chi connectivity index (χ0) is 32.3. The topological polar surface area (TPSA) is 49.9 Å². The van der Waals surface area contributed by atoms with E-state index in [4.69, 9.17) is 14.4 Å². The van der Waals surface area contributed by atoms with Crippen LogP contribution >= 0.6 is 0 Å². The molecule has 230 valence electrons. The Kier molecular flexibility index (Phi) is 6.21. The molecule has 0 saturated heterocycles. The summed E-state index contributed by atoms with van der Waals surface area (Å²) in [5, 5.41) is 13.0. The lowest BCUT2D eigenvalue weighted by Gasteiger charge is -2.24. The van der Waals surface area contributed by atoms with Gasteiger partial charge in [-0.2, -0.15) is 0 Å². The van der Waals surface area contributed by atoms with E-state index in [9.17, 15) is 0 Å². The average molecular weight is 628 g/mol. The SMILES string of the molecule is c1ccc2cc(C3=NC(c4ccc5ccccc5c4)NC(c4cccc5oc6cccc(-c7ccc8ccccc8c7)c6c45)=N3)ccc2c1. The van der Waals surface area contributed by atoms with Gasteiger partial charge in [-0.05, 0) is 79.3 Å². The number of amidine groups is 2. The minimum absolute atomic E-state index is 0.341. The molecule has 9 aromatic rings. The molecule has 0 bridgehead atoms. The monoisotopic (exact) mass is 627 g/mol. The highest BCUT2D eigenvalue weighted by Crippen LogP contribution is 2.40. The third-order valence-corrected chi connectivity index (χ3v) is 9.68. The molecule has 1 unspecified atom stereocenters. The summed E-state index contributed by atoms with van der Waals surface area (Å²) in [6, 6.07) is 57.6. The van der Waals surface area contributed by atoms with Gasteiger partial charge in [-0.1, -0.05) is 133 Å². The van der Waals surface area contributed by atoms with Gasteiger partial charge in [-0.3, -0.25) is 0 Å². The molecule has 8 aromatic carbocycles.